The summed E-state index contributed by atoms with van der Waals surface area (Å²) >= 11 is 0. The highest BCUT2D eigenvalue weighted by Crippen LogP contribution is 2.31. The van der Waals surface area contributed by atoms with E-state index in [1.807, 2.05) is 0 Å². The number of carbonyl (C=O) groups is 3. The third kappa shape index (κ3) is 4.99. The van der Waals surface area contributed by atoms with E-state index in [1.165, 1.54) is 26.0 Å². The van der Waals surface area contributed by atoms with Crippen LogP contribution in [-0.2, 0) is 9.53 Å². The Morgan fingerprint density at radius 3 is 2.47 bits per heavy atom. The number of esters is 1. The number of carbonyl (C=O) groups excluding carboxylic acids is 3. The second-order valence-electron chi connectivity index (χ2n) is 7.05. The molecule has 30 heavy (non-hydrogen) atoms. The Morgan fingerprint density at radius 1 is 1.13 bits per heavy atom. The number of nitro benzene ring substituents is 1. The molecule has 1 aliphatic carbocycles. The van der Waals surface area contributed by atoms with Crippen LogP contribution < -0.4 is 10.6 Å². The average Bonchev–Trinajstić information content (AvgIpc) is 3.52. The molecule has 3 rings (SSSR count). The van der Waals surface area contributed by atoms with Gasteiger partial charge in [0, 0.05) is 17.7 Å². The van der Waals surface area contributed by atoms with Crippen molar-refractivity contribution >= 4 is 34.7 Å². The van der Waals surface area contributed by atoms with Gasteiger partial charge in [0.2, 0.25) is 0 Å². The number of hydrogen-bond acceptors (Lipinski definition) is 7. The molecule has 9 heteroatoms. The minimum Gasteiger partial charge on any atom is -0.449 e. The molecule has 156 valence electrons. The molecule has 0 spiro atoms. The summed E-state index contributed by atoms with van der Waals surface area (Å²) in [6, 6.07) is 10.7. The molecule has 0 aromatic heterocycles. The standard InChI is InChI=1S/C21H21N3O6/c1-12(25)16-5-3-4-6-17(16)23-20(26)13(2)30-21(27)14-7-10-18(22-15-8-9-15)19(11-14)24(28)29/h3-7,10-11,13,15,22H,8-9H2,1-2H3,(H,23,26)/t13-/m0/s1. The van der Waals surface area contributed by atoms with E-state index in [0.29, 0.717) is 16.9 Å². The summed E-state index contributed by atoms with van der Waals surface area (Å²) in [4.78, 5) is 47.2. The number of ketones is 1. The molecule has 9 nitrogen and oxygen atoms in total. The minimum absolute atomic E-state index is 0.0353. The number of amides is 1. The molecule has 2 aromatic carbocycles. The fourth-order valence-electron chi connectivity index (χ4n) is 2.79. The summed E-state index contributed by atoms with van der Waals surface area (Å²) in [7, 11) is 0. The third-order valence-electron chi connectivity index (χ3n) is 4.58. The maximum atomic E-state index is 12.4. The van der Waals surface area contributed by atoms with Gasteiger partial charge in [-0.15, -0.1) is 0 Å². The van der Waals surface area contributed by atoms with Crippen molar-refractivity contribution in [3.8, 4) is 0 Å². The molecular weight excluding hydrogens is 390 g/mol. The Hall–Kier alpha value is -3.75. The summed E-state index contributed by atoms with van der Waals surface area (Å²) in [5.41, 5.74) is 0.712. The van der Waals surface area contributed by atoms with Gasteiger partial charge in [-0.25, -0.2) is 4.79 Å². The van der Waals surface area contributed by atoms with Crippen LogP contribution in [0.25, 0.3) is 0 Å². The van der Waals surface area contributed by atoms with Crippen molar-refractivity contribution in [2.45, 2.75) is 38.8 Å². The quantitative estimate of drug-likeness (QED) is 0.294. The molecule has 1 amide bonds. The Kier molecular flexibility index (Phi) is 6.10. The van der Waals surface area contributed by atoms with Crippen molar-refractivity contribution in [1.82, 2.24) is 0 Å². The lowest BCUT2D eigenvalue weighted by Crippen LogP contribution is -2.30. The van der Waals surface area contributed by atoms with Gasteiger partial charge in [-0.2, -0.15) is 0 Å². The lowest BCUT2D eigenvalue weighted by Gasteiger charge is -2.15. The van der Waals surface area contributed by atoms with Gasteiger partial charge in [-0.1, -0.05) is 12.1 Å². The molecule has 0 bridgehead atoms. The van der Waals surface area contributed by atoms with Gasteiger partial charge in [0.15, 0.2) is 11.9 Å². The summed E-state index contributed by atoms with van der Waals surface area (Å²) < 4.78 is 5.16. The van der Waals surface area contributed by atoms with Gasteiger partial charge in [0.1, 0.15) is 5.69 Å². The number of hydrogen-bond donors (Lipinski definition) is 2. The van der Waals surface area contributed by atoms with E-state index in [2.05, 4.69) is 10.6 Å². The van der Waals surface area contributed by atoms with Crippen LogP contribution in [0.1, 0.15) is 47.4 Å². The normalized spacial score (nSPS) is 13.8. The highest BCUT2D eigenvalue weighted by Gasteiger charge is 2.27. The van der Waals surface area contributed by atoms with Crippen LogP contribution in [0.3, 0.4) is 0 Å². The number of anilines is 2. The molecule has 0 heterocycles. The van der Waals surface area contributed by atoms with Crippen molar-refractivity contribution in [1.29, 1.82) is 0 Å². The van der Waals surface area contributed by atoms with E-state index in [0.717, 1.165) is 18.9 Å². The molecule has 0 saturated heterocycles. The lowest BCUT2D eigenvalue weighted by atomic mass is 10.1. The number of nitrogens with zero attached hydrogens (tertiary/aromatic N) is 1. The molecule has 0 unspecified atom stereocenters. The van der Waals surface area contributed by atoms with Crippen molar-refractivity contribution < 1.29 is 24.0 Å². The Bertz CT molecular complexity index is 1020. The van der Waals surface area contributed by atoms with Gasteiger partial charge in [0.25, 0.3) is 11.6 Å². The van der Waals surface area contributed by atoms with Crippen molar-refractivity contribution in [2.75, 3.05) is 10.6 Å². The summed E-state index contributed by atoms with van der Waals surface area (Å²) in [5, 5.41) is 16.9. The Morgan fingerprint density at radius 2 is 1.83 bits per heavy atom. The van der Waals surface area contributed by atoms with E-state index >= 15 is 0 Å². The molecule has 2 aromatic rings. The zero-order valence-electron chi connectivity index (χ0n) is 16.5. The SMILES string of the molecule is CC(=O)c1ccccc1NC(=O)[C@H](C)OC(=O)c1ccc(NC2CC2)c([N+](=O)[O-])c1. The molecule has 0 radical (unpaired) electrons. The van der Waals surface area contributed by atoms with E-state index in [4.69, 9.17) is 4.74 Å². The monoisotopic (exact) mass is 411 g/mol. The summed E-state index contributed by atoms with van der Waals surface area (Å²) in [5.74, 6) is -1.71. The van der Waals surface area contributed by atoms with E-state index in [-0.39, 0.29) is 23.1 Å². The first-order valence-electron chi connectivity index (χ1n) is 9.43. The van der Waals surface area contributed by atoms with Crippen molar-refractivity contribution in [2.24, 2.45) is 0 Å². The van der Waals surface area contributed by atoms with Crippen LogP contribution in [0.4, 0.5) is 17.1 Å². The fraction of sp³-hybridized carbons (Fsp3) is 0.286. The maximum absolute atomic E-state index is 12.4. The van der Waals surface area contributed by atoms with Crippen molar-refractivity contribution in [3.05, 3.63) is 63.7 Å². The Balaban J connectivity index is 1.69. The molecular formula is C21H21N3O6. The lowest BCUT2D eigenvalue weighted by molar-refractivity contribution is -0.384. The van der Waals surface area contributed by atoms with Gasteiger partial charge in [0.05, 0.1) is 16.2 Å². The summed E-state index contributed by atoms with van der Waals surface area (Å²) in [6.45, 7) is 2.75. The molecule has 1 atom stereocenters. The number of nitro groups is 1. The van der Waals surface area contributed by atoms with Crippen LogP contribution in [0.2, 0.25) is 0 Å². The highest BCUT2D eigenvalue weighted by atomic mass is 16.6. The molecule has 2 N–H and O–H groups in total. The topological polar surface area (TPSA) is 128 Å². The van der Waals surface area contributed by atoms with Gasteiger partial charge < -0.3 is 15.4 Å². The predicted molar refractivity (Wildman–Crippen MR) is 110 cm³/mol. The molecule has 1 aliphatic rings. The first-order valence-corrected chi connectivity index (χ1v) is 9.43. The second kappa shape index (κ2) is 8.73. The smallest absolute Gasteiger partial charge is 0.339 e. The van der Waals surface area contributed by atoms with Gasteiger partial charge in [-0.3, -0.25) is 19.7 Å². The summed E-state index contributed by atoms with van der Waals surface area (Å²) in [6.07, 6.45) is 0.710. The number of para-hydroxylation sites is 1. The van der Waals surface area contributed by atoms with Crippen LogP contribution in [-0.4, -0.2) is 34.7 Å². The number of benzene rings is 2. The third-order valence-corrected chi connectivity index (χ3v) is 4.58. The highest BCUT2D eigenvalue weighted by molar-refractivity contribution is 6.05. The van der Waals surface area contributed by atoms with Crippen LogP contribution in [0, 0.1) is 10.1 Å². The first kappa shape index (κ1) is 21.0. The zero-order chi connectivity index (χ0) is 21.8. The van der Waals surface area contributed by atoms with E-state index < -0.39 is 22.9 Å². The van der Waals surface area contributed by atoms with Gasteiger partial charge >= 0.3 is 5.97 Å². The van der Waals surface area contributed by atoms with Crippen LogP contribution in [0.15, 0.2) is 42.5 Å². The van der Waals surface area contributed by atoms with Gasteiger partial charge in [-0.05, 0) is 51.0 Å². The molecule has 0 aliphatic heterocycles. The maximum Gasteiger partial charge on any atom is 0.339 e. The number of rotatable bonds is 8. The van der Waals surface area contributed by atoms with E-state index in [9.17, 15) is 24.5 Å². The molecule has 1 fully saturated rings. The largest absolute Gasteiger partial charge is 0.449 e. The van der Waals surface area contributed by atoms with Crippen molar-refractivity contribution in [3.63, 3.8) is 0 Å². The van der Waals surface area contributed by atoms with Crippen LogP contribution in [0.5, 0.6) is 0 Å². The fourth-order valence-corrected chi connectivity index (χ4v) is 2.79. The Labute approximate surface area is 172 Å². The first-order chi connectivity index (χ1) is 14.3. The molecule has 1 saturated carbocycles. The number of nitrogens with one attached hydrogen (secondary N) is 2. The number of ether oxygens (including phenoxy) is 1. The van der Waals surface area contributed by atoms with E-state index in [1.54, 1.807) is 24.3 Å². The zero-order valence-corrected chi connectivity index (χ0v) is 16.5. The second-order valence-corrected chi connectivity index (χ2v) is 7.05. The average molecular weight is 411 g/mol. The minimum atomic E-state index is -1.18. The predicted octanol–water partition coefficient (Wildman–Crippen LogP) is 3.56. The van der Waals surface area contributed by atoms with Crippen LogP contribution >= 0.6 is 0 Å². The number of Topliss-reactive ketones (excluding diaryl/α,β-unsaturated/α-hetero) is 1.